The lowest BCUT2D eigenvalue weighted by atomic mass is 10.2. The smallest absolute Gasteiger partial charge is 0.117 e. The highest BCUT2D eigenvalue weighted by Crippen LogP contribution is 2.29. The number of rotatable bonds is 3. The van der Waals surface area contributed by atoms with E-state index in [4.69, 9.17) is 0 Å². The van der Waals surface area contributed by atoms with E-state index in [-0.39, 0.29) is 0 Å². The van der Waals surface area contributed by atoms with E-state index in [9.17, 15) is 0 Å². The standard InChI is InChI=1S/C12H9BrN2S2/c13-9-5-6-16-11(9)7-14-12-8-3-1-2-4-10(8)15-17-12/h1-6,14H,7H2. The third-order valence-corrected chi connectivity index (χ3v) is 5.25. The number of hydrogen-bond acceptors (Lipinski definition) is 4. The highest BCUT2D eigenvalue weighted by Gasteiger charge is 2.06. The Hall–Kier alpha value is -0.910. The van der Waals surface area contributed by atoms with E-state index in [1.165, 1.54) is 26.3 Å². The second kappa shape index (κ2) is 4.76. The van der Waals surface area contributed by atoms with E-state index in [1.54, 1.807) is 11.3 Å². The zero-order chi connectivity index (χ0) is 11.7. The summed E-state index contributed by atoms with van der Waals surface area (Å²) < 4.78 is 5.58. The molecule has 5 heteroatoms. The quantitative estimate of drug-likeness (QED) is 0.753. The fourth-order valence-corrected chi connectivity index (χ4v) is 3.82. The lowest BCUT2D eigenvalue weighted by molar-refractivity contribution is 1.20. The fourth-order valence-electron chi connectivity index (χ4n) is 1.63. The largest absolute Gasteiger partial charge is 0.370 e. The van der Waals surface area contributed by atoms with Crippen molar-refractivity contribution in [3.63, 3.8) is 0 Å². The summed E-state index contributed by atoms with van der Waals surface area (Å²) in [4.78, 5) is 1.31. The molecule has 2 aromatic heterocycles. The van der Waals surface area contributed by atoms with Crippen LogP contribution in [-0.4, -0.2) is 4.37 Å². The van der Waals surface area contributed by atoms with E-state index >= 15 is 0 Å². The molecule has 2 heterocycles. The fraction of sp³-hybridized carbons (Fsp3) is 0.0833. The van der Waals surface area contributed by atoms with E-state index in [0.717, 1.165) is 17.1 Å². The van der Waals surface area contributed by atoms with Crippen LogP contribution >= 0.6 is 38.8 Å². The molecule has 1 aromatic carbocycles. The molecule has 0 unspecified atom stereocenters. The minimum atomic E-state index is 0.838. The maximum atomic E-state index is 4.41. The first-order chi connectivity index (χ1) is 8.34. The molecule has 3 rings (SSSR count). The summed E-state index contributed by atoms with van der Waals surface area (Å²) in [6.07, 6.45) is 0. The summed E-state index contributed by atoms with van der Waals surface area (Å²) in [5, 5.41) is 7.88. The molecule has 0 fully saturated rings. The van der Waals surface area contributed by atoms with Crippen molar-refractivity contribution >= 4 is 54.7 Å². The Kier molecular flexibility index (Phi) is 3.13. The molecule has 1 N–H and O–H groups in total. The van der Waals surface area contributed by atoms with Gasteiger partial charge in [-0.3, -0.25) is 0 Å². The van der Waals surface area contributed by atoms with Crippen LogP contribution in [0.4, 0.5) is 5.00 Å². The monoisotopic (exact) mass is 324 g/mol. The van der Waals surface area contributed by atoms with Gasteiger partial charge in [-0.25, -0.2) is 0 Å². The number of nitrogens with one attached hydrogen (secondary N) is 1. The van der Waals surface area contributed by atoms with E-state index in [2.05, 4.69) is 43.1 Å². The molecule has 0 spiro atoms. The number of aromatic nitrogens is 1. The van der Waals surface area contributed by atoms with Crippen LogP contribution in [0.1, 0.15) is 4.88 Å². The van der Waals surface area contributed by atoms with Crippen molar-refractivity contribution in [1.29, 1.82) is 0 Å². The Balaban J connectivity index is 1.84. The van der Waals surface area contributed by atoms with Gasteiger partial charge in [0.25, 0.3) is 0 Å². The average Bonchev–Trinajstić information content (AvgIpc) is 2.93. The maximum absolute atomic E-state index is 4.41. The van der Waals surface area contributed by atoms with Gasteiger partial charge in [0, 0.05) is 14.7 Å². The molecular weight excluding hydrogens is 316 g/mol. The molecule has 86 valence electrons. The van der Waals surface area contributed by atoms with Crippen LogP contribution in [-0.2, 0) is 6.54 Å². The molecule has 17 heavy (non-hydrogen) atoms. The summed E-state index contributed by atoms with van der Waals surface area (Å²) >= 11 is 6.81. The van der Waals surface area contributed by atoms with Gasteiger partial charge in [0.2, 0.25) is 0 Å². The third kappa shape index (κ3) is 2.22. The molecular formula is C12H9BrN2S2. The summed E-state index contributed by atoms with van der Waals surface area (Å²) in [5.74, 6) is 0. The summed E-state index contributed by atoms with van der Waals surface area (Å²) in [6, 6.07) is 10.3. The second-order valence-electron chi connectivity index (χ2n) is 3.57. The van der Waals surface area contributed by atoms with Crippen molar-refractivity contribution in [2.45, 2.75) is 6.54 Å². The Labute approximate surface area is 116 Å². The highest BCUT2D eigenvalue weighted by molar-refractivity contribution is 9.10. The zero-order valence-corrected chi connectivity index (χ0v) is 12.0. The predicted octanol–water partition coefficient (Wildman–Crippen LogP) is 4.73. The van der Waals surface area contributed by atoms with Crippen molar-refractivity contribution in [3.05, 3.63) is 45.1 Å². The summed E-state index contributed by atoms with van der Waals surface area (Å²) in [5.41, 5.74) is 1.06. The van der Waals surface area contributed by atoms with Crippen molar-refractivity contribution in [2.24, 2.45) is 0 Å². The van der Waals surface area contributed by atoms with Crippen LogP contribution in [0.25, 0.3) is 10.9 Å². The molecule has 0 saturated heterocycles. The van der Waals surface area contributed by atoms with Crippen LogP contribution in [0.3, 0.4) is 0 Å². The van der Waals surface area contributed by atoms with Crippen LogP contribution in [0.15, 0.2) is 40.2 Å². The van der Waals surface area contributed by atoms with Crippen LogP contribution in [0, 0.1) is 0 Å². The van der Waals surface area contributed by atoms with Crippen molar-refractivity contribution in [1.82, 2.24) is 4.37 Å². The number of halogens is 1. The van der Waals surface area contributed by atoms with Gasteiger partial charge in [0.1, 0.15) is 5.00 Å². The van der Waals surface area contributed by atoms with Crippen LogP contribution in [0.5, 0.6) is 0 Å². The van der Waals surface area contributed by atoms with E-state index < -0.39 is 0 Å². The maximum Gasteiger partial charge on any atom is 0.117 e. The first-order valence-electron chi connectivity index (χ1n) is 5.15. The van der Waals surface area contributed by atoms with Gasteiger partial charge in [-0.1, -0.05) is 12.1 Å². The predicted molar refractivity (Wildman–Crippen MR) is 79.0 cm³/mol. The molecule has 0 aliphatic carbocycles. The minimum Gasteiger partial charge on any atom is -0.370 e. The van der Waals surface area contributed by atoms with Crippen LogP contribution in [0.2, 0.25) is 0 Å². The topological polar surface area (TPSA) is 24.9 Å². The van der Waals surface area contributed by atoms with Gasteiger partial charge >= 0.3 is 0 Å². The molecule has 0 saturated carbocycles. The molecule has 0 aliphatic heterocycles. The lowest BCUT2D eigenvalue weighted by Gasteiger charge is -2.02. The summed E-state index contributed by atoms with van der Waals surface area (Å²) in [6.45, 7) is 0.838. The van der Waals surface area contributed by atoms with Gasteiger partial charge in [0.05, 0.1) is 12.1 Å². The number of anilines is 1. The van der Waals surface area contributed by atoms with Gasteiger partial charge in [-0.05, 0) is 51.0 Å². The lowest BCUT2D eigenvalue weighted by Crippen LogP contribution is -1.95. The normalized spacial score (nSPS) is 10.9. The Morgan fingerprint density at radius 1 is 1.24 bits per heavy atom. The van der Waals surface area contributed by atoms with E-state index in [0.29, 0.717) is 0 Å². The van der Waals surface area contributed by atoms with Gasteiger partial charge in [-0.2, -0.15) is 4.37 Å². The Morgan fingerprint density at radius 3 is 2.94 bits per heavy atom. The molecule has 0 atom stereocenters. The van der Waals surface area contributed by atoms with Gasteiger partial charge in [0.15, 0.2) is 0 Å². The molecule has 0 bridgehead atoms. The minimum absolute atomic E-state index is 0.838. The summed E-state index contributed by atoms with van der Waals surface area (Å²) in [7, 11) is 0. The second-order valence-corrected chi connectivity index (χ2v) is 6.20. The number of hydrogen-bond donors (Lipinski definition) is 1. The van der Waals surface area contributed by atoms with Gasteiger partial charge < -0.3 is 5.32 Å². The molecule has 0 radical (unpaired) electrons. The first kappa shape index (κ1) is 11.2. The Bertz CT molecular complexity index is 645. The highest BCUT2D eigenvalue weighted by atomic mass is 79.9. The number of fused-ring (bicyclic) bond motifs is 1. The molecule has 3 aromatic rings. The number of thiophene rings is 1. The average molecular weight is 325 g/mol. The van der Waals surface area contributed by atoms with Crippen molar-refractivity contribution in [2.75, 3.05) is 5.32 Å². The Morgan fingerprint density at radius 2 is 2.12 bits per heavy atom. The van der Waals surface area contributed by atoms with Gasteiger partial charge in [-0.15, -0.1) is 11.3 Å². The van der Waals surface area contributed by atoms with E-state index in [1.807, 2.05) is 18.2 Å². The molecule has 0 amide bonds. The zero-order valence-electron chi connectivity index (χ0n) is 8.81. The third-order valence-electron chi connectivity index (χ3n) is 2.48. The van der Waals surface area contributed by atoms with Crippen molar-refractivity contribution in [3.8, 4) is 0 Å². The molecule has 0 aliphatic rings. The SMILES string of the molecule is Brc1ccsc1CNc1snc2ccccc12. The number of benzene rings is 1. The van der Waals surface area contributed by atoms with Crippen molar-refractivity contribution < 1.29 is 0 Å². The van der Waals surface area contributed by atoms with Crippen LogP contribution < -0.4 is 5.32 Å². The molecule has 2 nitrogen and oxygen atoms in total. The number of nitrogens with zero attached hydrogens (tertiary/aromatic N) is 1. The first-order valence-corrected chi connectivity index (χ1v) is 7.59.